The molecule has 0 aromatic heterocycles. The van der Waals surface area contributed by atoms with E-state index < -0.39 is 0 Å². The summed E-state index contributed by atoms with van der Waals surface area (Å²) in [6, 6.07) is 0. The Morgan fingerprint density at radius 3 is 2.83 bits per heavy atom. The first-order valence-corrected chi connectivity index (χ1v) is 4.01. The van der Waals surface area contributed by atoms with Crippen LogP contribution in [0.2, 0.25) is 0 Å². The van der Waals surface area contributed by atoms with Crippen LogP contribution in [0.15, 0.2) is 0 Å². The van der Waals surface area contributed by atoms with Gasteiger partial charge in [0.15, 0.2) is 0 Å². The topological polar surface area (TPSA) is 35.5 Å². The summed E-state index contributed by atoms with van der Waals surface area (Å²) in [4.78, 5) is 9.92. The minimum absolute atomic E-state index is 0. The van der Waals surface area contributed by atoms with Gasteiger partial charge in [-0.15, -0.1) is 0 Å². The second-order valence-electron chi connectivity index (χ2n) is 3.35. The molecule has 0 aromatic carbocycles. The standard InChI is InChI=1S/C8H11O3.K/c9-6-10-7-1-4-11-8(5-7)2-3-8;/h7H,1-5H2;/q-1;+1. The molecule has 0 amide bonds. The van der Waals surface area contributed by atoms with Gasteiger partial charge in [0, 0.05) is 12.8 Å². The average Bonchev–Trinajstić information content (AvgIpc) is 2.70. The van der Waals surface area contributed by atoms with E-state index in [-0.39, 0.29) is 63.1 Å². The largest absolute Gasteiger partial charge is 1.00 e. The average molecular weight is 194 g/mol. The van der Waals surface area contributed by atoms with Crippen molar-refractivity contribution < 1.29 is 65.7 Å². The normalized spacial score (nSPS) is 30.5. The van der Waals surface area contributed by atoms with E-state index in [9.17, 15) is 4.79 Å². The van der Waals surface area contributed by atoms with Gasteiger partial charge >= 0.3 is 51.4 Å². The van der Waals surface area contributed by atoms with E-state index in [1.165, 1.54) is 6.47 Å². The van der Waals surface area contributed by atoms with Crippen LogP contribution in [-0.4, -0.2) is 24.8 Å². The van der Waals surface area contributed by atoms with Crippen LogP contribution < -0.4 is 51.4 Å². The summed E-state index contributed by atoms with van der Waals surface area (Å²) in [7, 11) is 0. The molecule has 1 heterocycles. The van der Waals surface area contributed by atoms with E-state index in [2.05, 4.69) is 0 Å². The van der Waals surface area contributed by atoms with Crippen LogP contribution in [0.25, 0.3) is 0 Å². The van der Waals surface area contributed by atoms with E-state index >= 15 is 0 Å². The number of carbonyl (C=O) groups excluding carboxylic acids is 1. The molecule has 1 aliphatic carbocycles. The first-order valence-electron chi connectivity index (χ1n) is 4.01. The minimum atomic E-state index is 0. The Morgan fingerprint density at radius 2 is 2.25 bits per heavy atom. The van der Waals surface area contributed by atoms with Gasteiger partial charge in [0.25, 0.3) is 0 Å². The van der Waals surface area contributed by atoms with Crippen molar-refractivity contribution in [1.29, 1.82) is 0 Å². The molecule has 12 heavy (non-hydrogen) atoms. The summed E-state index contributed by atoms with van der Waals surface area (Å²) in [5, 5.41) is 0. The van der Waals surface area contributed by atoms with Crippen LogP contribution >= 0.6 is 0 Å². The van der Waals surface area contributed by atoms with Crippen molar-refractivity contribution >= 4 is 6.47 Å². The van der Waals surface area contributed by atoms with Gasteiger partial charge in [0.1, 0.15) is 0 Å². The van der Waals surface area contributed by atoms with E-state index in [1.807, 2.05) is 0 Å². The summed E-state index contributed by atoms with van der Waals surface area (Å²) in [6.07, 6.45) is 4.03. The zero-order chi connectivity index (χ0) is 7.73. The molecule has 1 spiro atoms. The van der Waals surface area contributed by atoms with Crippen molar-refractivity contribution in [3.8, 4) is 0 Å². The predicted molar refractivity (Wildman–Crippen MR) is 37.7 cm³/mol. The fourth-order valence-corrected chi connectivity index (χ4v) is 1.64. The van der Waals surface area contributed by atoms with Gasteiger partial charge in [-0.1, -0.05) is 6.47 Å². The van der Waals surface area contributed by atoms with E-state index in [0.717, 1.165) is 32.3 Å². The summed E-state index contributed by atoms with van der Waals surface area (Å²) in [5.41, 5.74) is 0.0970. The molecule has 2 fully saturated rings. The predicted octanol–water partition coefficient (Wildman–Crippen LogP) is -2.21. The van der Waals surface area contributed by atoms with Gasteiger partial charge < -0.3 is 14.3 Å². The SMILES string of the molecule is O=[C-]OC1CCOC2(CC2)C1.[K+]. The molecule has 0 N–H and O–H groups in total. The van der Waals surface area contributed by atoms with E-state index in [1.54, 1.807) is 0 Å². The van der Waals surface area contributed by atoms with Gasteiger partial charge in [-0.25, -0.2) is 0 Å². The molecule has 1 saturated heterocycles. The molecular weight excluding hydrogens is 183 g/mol. The second kappa shape index (κ2) is 4.53. The Kier molecular flexibility index (Phi) is 4.20. The third-order valence-electron chi connectivity index (χ3n) is 2.47. The fourth-order valence-electron chi connectivity index (χ4n) is 1.64. The van der Waals surface area contributed by atoms with E-state index in [0.29, 0.717) is 0 Å². The molecule has 62 valence electrons. The molecule has 4 heteroatoms. The molecule has 1 unspecified atom stereocenters. The van der Waals surface area contributed by atoms with Gasteiger partial charge in [0.05, 0.1) is 18.3 Å². The minimum Gasteiger partial charge on any atom is -0.650 e. The molecule has 2 rings (SSSR count). The Hall–Kier alpha value is 1.07. The van der Waals surface area contributed by atoms with E-state index in [4.69, 9.17) is 9.47 Å². The fraction of sp³-hybridized carbons (Fsp3) is 0.875. The summed E-state index contributed by atoms with van der Waals surface area (Å²) in [6.45, 7) is 2.23. The first kappa shape index (κ1) is 11.1. The van der Waals surface area contributed by atoms with Gasteiger partial charge in [0.2, 0.25) is 0 Å². The smallest absolute Gasteiger partial charge is 0.650 e. The molecule has 2 aliphatic rings. The van der Waals surface area contributed by atoms with Crippen molar-refractivity contribution in [3.63, 3.8) is 0 Å². The van der Waals surface area contributed by atoms with Crippen molar-refractivity contribution in [2.24, 2.45) is 0 Å². The Balaban J connectivity index is 0.000000720. The zero-order valence-corrected chi connectivity index (χ0v) is 10.5. The zero-order valence-electron chi connectivity index (χ0n) is 7.34. The molecule has 1 aliphatic heterocycles. The van der Waals surface area contributed by atoms with Crippen LogP contribution in [0.1, 0.15) is 25.7 Å². The Bertz CT molecular complexity index is 168. The summed E-state index contributed by atoms with van der Waals surface area (Å²) < 4.78 is 10.3. The van der Waals surface area contributed by atoms with Crippen molar-refractivity contribution in [2.45, 2.75) is 37.4 Å². The van der Waals surface area contributed by atoms with Crippen LogP contribution in [0.3, 0.4) is 0 Å². The molecule has 1 saturated carbocycles. The van der Waals surface area contributed by atoms with Crippen LogP contribution in [0.4, 0.5) is 0 Å². The quantitative estimate of drug-likeness (QED) is 0.369. The maximum atomic E-state index is 9.92. The van der Waals surface area contributed by atoms with Gasteiger partial charge in [-0.05, 0) is 12.8 Å². The second-order valence-corrected chi connectivity index (χ2v) is 3.35. The maximum Gasteiger partial charge on any atom is 1.00 e. The number of hydrogen-bond acceptors (Lipinski definition) is 3. The first-order chi connectivity index (χ1) is 5.35. The molecule has 3 nitrogen and oxygen atoms in total. The Morgan fingerprint density at radius 1 is 1.50 bits per heavy atom. The van der Waals surface area contributed by atoms with Crippen LogP contribution in [0.5, 0.6) is 0 Å². The summed E-state index contributed by atoms with van der Waals surface area (Å²) in [5.74, 6) is 0. The Labute approximate surface area is 115 Å². The maximum absolute atomic E-state index is 9.92. The third kappa shape index (κ3) is 2.53. The van der Waals surface area contributed by atoms with Crippen molar-refractivity contribution in [3.05, 3.63) is 0 Å². The van der Waals surface area contributed by atoms with Crippen molar-refractivity contribution in [2.75, 3.05) is 6.61 Å². The van der Waals surface area contributed by atoms with Crippen LogP contribution in [-0.2, 0) is 14.3 Å². The monoisotopic (exact) mass is 194 g/mol. The molecule has 0 radical (unpaired) electrons. The number of ether oxygens (including phenoxy) is 2. The van der Waals surface area contributed by atoms with Gasteiger partial charge in [-0.2, -0.15) is 0 Å². The molecule has 0 aromatic rings. The third-order valence-corrected chi connectivity index (χ3v) is 2.47. The molecular formula is C8H11KO3. The molecule has 1 atom stereocenters. The molecule has 0 bridgehead atoms. The van der Waals surface area contributed by atoms with Crippen molar-refractivity contribution in [1.82, 2.24) is 0 Å². The number of rotatable bonds is 2. The van der Waals surface area contributed by atoms with Crippen LogP contribution in [0, 0.1) is 0 Å². The van der Waals surface area contributed by atoms with Gasteiger partial charge in [-0.3, -0.25) is 0 Å². The summed E-state index contributed by atoms with van der Waals surface area (Å²) >= 11 is 0. The number of hydrogen-bond donors (Lipinski definition) is 0.